The SMILES string of the molecule is C#CC(=CN)CNC. The van der Waals surface area contributed by atoms with E-state index in [0.717, 1.165) is 5.57 Å². The predicted molar refractivity (Wildman–Crippen MR) is 35.0 cm³/mol. The molecule has 0 saturated carbocycles. The van der Waals surface area contributed by atoms with E-state index < -0.39 is 0 Å². The zero-order valence-electron chi connectivity index (χ0n) is 4.94. The maximum absolute atomic E-state index is 5.12. The third kappa shape index (κ3) is 2.27. The van der Waals surface area contributed by atoms with Crippen LogP contribution in [0.5, 0.6) is 0 Å². The fourth-order valence-electron chi connectivity index (χ4n) is 0.349. The molecule has 0 aromatic carbocycles. The van der Waals surface area contributed by atoms with Gasteiger partial charge in [-0.3, -0.25) is 0 Å². The molecule has 0 heterocycles. The highest BCUT2D eigenvalue weighted by molar-refractivity contribution is 5.25. The molecule has 0 atom stereocenters. The van der Waals surface area contributed by atoms with E-state index in [2.05, 4.69) is 11.2 Å². The lowest BCUT2D eigenvalue weighted by Crippen LogP contribution is -2.10. The largest absolute Gasteiger partial charge is 0.404 e. The first-order chi connectivity index (χ1) is 3.85. The molecular formula is C6H10N2. The van der Waals surface area contributed by atoms with Gasteiger partial charge in [0.15, 0.2) is 0 Å². The zero-order chi connectivity index (χ0) is 6.41. The Morgan fingerprint density at radius 3 is 2.75 bits per heavy atom. The Bertz CT molecular complexity index is 119. The maximum atomic E-state index is 5.12. The van der Waals surface area contributed by atoms with Crippen LogP contribution in [-0.2, 0) is 0 Å². The van der Waals surface area contributed by atoms with Crippen LogP contribution in [0, 0.1) is 12.3 Å². The molecule has 0 fully saturated rings. The summed E-state index contributed by atoms with van der Waals surface area (Å²) in [5, 5.41) is 2.88. The van der Waals surface area contributed by atoms with Gasteiger partial charge in [-0.25, -0.2) is 0 Å². The summed E-state index contributed by atoms with van der Waals surface area (Å²) in [6.07, 6.45) is 6.46. The predicted octanol–water partition coefficient (Wildman–Crippen LogP) is -0.318. The summed E-state index contributed by atoms with van der Waals surface area (Å²) in [6.45, 7) is 0.674. The van der Waals surface area contributed by atoms with Gasteiger partial charge in [0.05, 0.1) is 0 Å². The summed E-state index contributed by atoms with van der Waals surface area (Å²) < 4.78 is 0. The molecule has 0 aliphatic carbocycles. The second-order valence-electron chi connectivity index (χ2n) is 1.37. The summed E-state index contributed by atoms with van der Waals surface area (Å²) in [6, 6.07) is 0. The summed E-state index contributed by atoms with van der Waals surface area (Å²) >= 11 is 0. The molecule has 0 bridgehead atoms. The van der Waals surface area contributed by atoms with Gasteiger partial charge in [0.1, 0.15) is 0 Å². The lowest BCUT2D eigenvalue weighted by molar-refractivity contribution is 0.898. The van der Waals surface area contributed by atoms with E-state index in [0.29, 0.717) is 6.54 Å². The monoisotopic (exact) mass is 110 g/mol. The maximum Gasteiger partial charge on any atom is 0.0310 e. The summed E-state index contributed by atoms with van der Waals surface area (Å²) in [5.41, 5.74) is 5.91. The van der Waals surface area contributed by atoms with E-state index >= 15 is 0 Å². The highest BCUT2D eigenvalue weighted by Gasteiger charge is 1.83. The average Bonchev–Trinajstić information content (AvgIpc) is 1.83. The smallest absolute Gasteiger partial charge is 0.0310 e. The van der Waals surface area contributed by atoms with Crippen molar-refractivity contribution in [3.63, 3.8) is 0 Å². The van der Waals surface area contributed by atoms with Gasteiger partial charge in [-0.05, 0) is 7.05 Å². The highest BCUT2D eigenvalue weighted by atomic mass is 14.8. The van der Waals surface area contributed by atoms with Crippen LogP contribution in [0.25, 0.3) is 0 Å². The van der Waals surface area contributed by atoms with Gasteiger partial charge in [-0.1, -0.05) is 5.92 Å². The Labute approximate surface area is 49.8 Å². The van der Waals surface area contributed by atoms with Gasteiger partial charge >= 0.3 is 0 Å². The first kappa shape index (κ1) is 7.06. The molecule has 2 heteroatoms. The molecule has 0 unspecified atom stereocenters. The molecule has 8 heavy (non-hydrogen) atoms. The second-order valence-corrected chi connectivity index (χ2v) is 1.37. The Morgan fingerprint density at radius 2 is 2.62 bits per heavy atom. The van der Waals surface area contributed by atoms with Crippen molar-refractivity contribution >= 4 is 0 Å². The molecule has 2 nitrogen and oxygen atoms in total. The Morgan fingerprint density at radius 1 is 2.00 bits per heavy atom. The van der Waals surface area contributed by atoms with E-state index in [1.165, 1.54) is 6.20 Å². The molecule has 0 aliphatic rings. The molecule has 0 spiro atoms. The topological polar surface area (TPSA) is 38.0 Å². The molecule has 3 N–H and O–H groups in total. The zero-order valence-corrected chi connectivity index (χ0v) is 4.94. The normalized spacial score (nSPS) is 10.8. The second kappa shape index (κ2) is 4.23. The fraction of sp³-hybridized carbons (Fsp3) is 0.333. The van der Waals surface area contributed by atoms with Gasteiger partial charge < -0.3 is 11.1 Å². The molecule has 0 rings (SSSR count). The molecule has 0 radical (unpaired) electrons. The van der Waals surface area contributed by atoms with Crippen LogP contribution in [0.1, 0.15) is 0 Å². The first-order valence-electron chi connectivity index (χ1n) is 2.37. The lowest BCUT2D eigenvalue weighted by atomic mass is 10.3. The average molecular weight is 110 g/mol. The van der Waals surface area contributed by atoms with Gasteiger partial charge in [-0.2, -0.15) is 0 Å². The van der Waals surface area contributed by atoms with E-state index in [1.807, 2.05) is 7.05 Å². The molecule has 0 aliphatic heterocycles. The van der Waals surface area contributed by atoms with Crippen molar-refractivity contribution in [2.24, 2.45) is 5.73 Å². The van der Waals surface area contributed by atoms with Crippen molar-refractivity contribution in [1.29, 1.82) is 0 Å². The molecule has 0 aromatic heterocycles. The van der Waals surface area contributed by atoms with E-state index in [9.17, 15) is 0 Å². The molecule has 44 valence electrons. The standard InChI is InChI=1S/C6H10N2/c1-3-6(4-7)5-8-2/h1,4,8H,5,7H2,2H3. The fourth-order valence-corrected chi connectivity index (χ4v) is 0.349. The van der Waals surface area contributed by atoms with Crippen LogP contribution in [-0.4, -0.2) is 13.6 Å². The number of nitrogens with one attached hydrogen (secondary N) is 1. The Balaban J connectivity index is 3.60. The minimum Gasteiger partial charge on any atom is -0.404 e. The van der Waals surface area contributed by atoms with Crippen molar-refractivity contribution in [1.82, 2.24) is 5.32 Å². The molecular weight excluding hydrogens is 100 g/mol. The van der Waals surface area contributed by atoms with E-state index in [1.54, 1.807) is 0 Å². The third-order valence-corrected chi connectivity index (χ3v) is 0.754. The van der Waals surface area contributed by atoms with Crippen LogP contribution in [0.2, 0.25) is 0 Å². The lowest BCUT2D eigenvalue weighted by Gasteiger charge is -1.92. The number of likely N-dealkylation sites (N-methyl/N-ethyl adjacent to an activating group) is 1. The van der Waals surface area contributed by atoms with Gasteiger partial charge in [0, 0.05) is 18.3 Å². The van der Waals surface area contributed by atoms with E-state index in [-0.39, 0.29) is 0 Å². The summed E-state index contributed by atoms with van der Waals surface area (Å²) in [4.78, 5) is 0. The van der Waals surface area contributed by atoms with Crippen molar-refractivity contribution in [3.05, 3.63) is 11.8 Å². The van der Waals surface area contributed by atoms with Crippen molar-refractivity contribution in [2.75, 3.05) is 13.6 Å². The van der Waals surface area contributed by atoms with Crippen molar-refractivity contribution < 1.29 is 0 Å². The van der Waals surface area contributed by atoms with Crippen LogP contribution in [0.4, 0.5) is 0 Å². The minimum atomic E-state index is 0.674. The quantitative estimate of drug-likeness (QED) is 0.478. The van der Waals surface area contributed by atoms with Crippen molar-refractivity contribution in [2.45, 2.75) is 0 Å². The minimum absolute atomic E-state index is 0.674. The third-order valence-electron chi connectivity index (χ3n) is 0.754. The van der Waals surface area contributed by atoms with Crippen LogP contribution < -0.4 is 11.1 Å². The van der Waals surface area contributed by atoms with Gasteiger partial charge in [-0.15, -0.1) is 6.42 Å². The Hall–Kier alpha value is -0.940. The number of rotatable bonds is 2. The van der Waals surface area contributed by atoms with E-state index in [4.69, 9.17) is 12.2 Å². The van der Waals surface area contributed by atoms with Gasteiger partial charge in [0.2, 0.25) is 0 Å². The molecule has 0 aromatic rings. The van der Waals surface area contributed by atoms with Crippen LogP contribution in [0.15, 0.2) is 11.8 Å². The number of hydrogen-bond acceptors (Lipinski definition) is 2. The highest BCUT2D eigenvalue weighted by Crippen LogP contribution is 1.81. The number of hydrogen-bond donors (Lipinski definition) is 2. The van der Waals surface area contributed by atoms with Crippen molar-refractivity contribution in [3.8, 4) is 12.3 Å². The van der Waals surface area contributed by atoms with Crippen LogP contribution in [0.3, 0.4) is 0 Å². The molecule has 0 amide bonds. The summed E-state index contributed by atoms with van der Waals surface area (Å²) in [5.74, 6) is 2.43. The van der Waals surface area contributed by atoms with Gasteiger partial charge in [0.25, 0.3) is 0 Å². The van der Waals surface area contributed by atoms with Crippen LogP contribution >= 0.6 is 0 Å². The summed E-state index contributed by atoms with van der Waals surface area (Å²) in [7, 11) is 1.82. The Kier molecular flexibility index (Phi) is 3.73. The first-order valence-corrected chi connectivity index (χ1v) is 2.37. The molecule has 0 saturated heterocycles. The number of terminal acetylenes is 1. The number of nitrogens with two attached hydrogens (primary N) is 1.